The SMILES string of the molecule is COc1cccc(CN2C(=O)C(O)=C(C(=O)CCc3ccccc3)C2c2ccccn2)c1. The van der Waals surface area contributed by atoms with Crippen LogP contribution >= 0.6 is 0 Å². The van der Waals surface area contributed by atoms with Crippen LogP contribution in [0.3, 0.4) is 0 Å². The highest BCUT2D eigenvalue weighted by molar-refractivity contribution is 6.08. The van der Waals surface area contributed by atoms with Gasteiger partial charge in [0.15, 0.2) is 11.5 Å². The first-order chi connectivity index (χ1) is 15.6. The molecule has 1 atom stereocenters. The van der Waals surface area contributed by atoms with Crippen LogP contribution in [0.1, 0.15) is 29.3 Å². The van der Waals surface area contributed by atoms with Crippen molar-refractivity contribution in [3.63, 3.8) is 0 Å². The molecule has 1 aromatic heterocycles. The van der Waals surface area contributed by atoms with Gasteiger partial charge in [-0.25, -0.2) is 0 Å². The van der Waals surface area contributed by atoms with Gasteiger partial charge in [0.25, 0.3) is 5.91 Å². The Hall–Kier alpha value is -3.93. The average molecular weight is 428 g/mol. The third-order valence-electron chi connectivity index (χ3n) is 5.54. The second kappa shape index (κ2) is 9.47. The number of hydrogen-bond donors (Lipinski definition) is 1. The molecule has 1 aliphatic rings. The first-order valence-corrected chi connectivity index (χ1v) is 10.4. The van der Waals surface area contributed by atoms with Gasteiger partial charge in [-0.05, 0) is 41.8 Å². The summed E-state index contributed by atoms with van der Waals surface area (Å²) >= 11 is 0. The van der Waals surface area contributed by atoms with E-state index in [0.29, 0.717) is 17.9 Å². The van der Waals surface area contributed by atoms with Crippen molar-refractivity contribution in [3.05, 3.63) is 107 Å². The number of aliphatic hydroxyl groups excluding tert-OH is 1. The van der Waals surface area contributed by atoms with E-state index in [1.807, 2.05) is 54.6 Å². The highest BCUT2D eigenvalue weighted by Gasteiger charge is 2.43. The van der Waals surface area contributed by atoms with E-state index >= 15 is 0 Å². The summed E-state index contributed by atoms with van der Waals surface area (Å²) in [5.74, 6) is -0.670. The predicted octanol–water partition coefficient (Wildman–Crippen LogP) is 4.19. The summed E-state index contributed by atoms with van der Waals surface area (Å²) in [6, 6.07) is 21.6. The Morgan fingerprint density at radius 3 is 2.50 bits per heavy atom. The average Bonchev–Trinajstić information content (AvgIpc) is 3.09. The lowest BCUT2D eigenvalue weighted by atomic mass is 9.95. The molecule has 162 valence electrons. The minimum Gasteiger partial charge on any atom is -0.503 e. The minimum atomic E-state index is -0.752. The lowest BCUT2D eigenvalue weighted by Gasteiger charge is -2.26. The first-order valence-electron chi connectivity index (χ1n) is 10.4. The van der Waals surface area contributed by atoms with Gasteiger partial charge in [-0.2, -0.15) is 0 Å². The zero-order valence-electron chi connectivity index (χ0n) is 17.8. The molecule has 0 saturated carbocycles. The van der Waals surface area contributed by atoms with E-state index in [-0.39, 0.29) is 24.3 Å². The molecule has 32 heavy (non-hydrogen) atoms. The molecule has 4 rings (SSSR count). The molecule has 1 amide bonds. The van der Waals surface area contributed by atoms with Crippen LogP contribution in [0.2, 0.25) is 0 Å². The van der Waals surface area contributed by atoms with Gasteiger partial charge in [0.05, 0.1) is 18.4 Å². The number of Topliss-reactive ketones (excluding diaryl/α,β-unsaturated/α-hetero) is 1. The number of pyridine rings is 1. The topological polar surface area (TPSA) is 79.7 Å². The van der Waals surface area contributed by atoms with Gasteiger partial charge >= 0.3 is 0 Å². The maximum absolute atomic E-state index is 13.2. The van der Waals surface area contributed by atoms with Crippen molar-refractivity contribution in [2.24, 2.45) is 0 Å². The number of aromatic nitrogens is 1. The normalized spacial score (nSPS) is 15.8. The molecular formula is C26H24N2O4. The monoisotopic (exact) mass is 428 g/mol. The van der Waals surface area contributed by atoms with Crippen molar-refractivity contribution >= 4 is 11.7 Å². The molecule has 0 bridgehead atoms. The number of nitrogens with zero attached hydrogens (tertiary/aromatic N) is 2. The molecule has 2 heterocycles. The van der Waals surface area contributed by atoms with E-state index in [1.54, 1.807) is 31.5 Å². The molecule has 1 unspecified atom stereocenters. The molecule has 3 aromatic rings. The third-order valence-corrected chi connectivity index (χ3v) is 5.54. The summed E-state index contributed by atoms with van der Waals surface area (Å²) in [5, 5.41) is 10.7. The standard InChI is InChI=1S/C26H24N2O4/c1-32-20-11-7-10-19(16-20)17-28-24(21-12-5-6-15-27-21)23(25(30)26(28)31)22(29)14-13-18-8-3-2-4-9-18/h2-12,15-16,24,30H,13-14,17H2,1H3. The maximum Gasteiger partial charge on any atom is 0.290 e. The van der Waals surface area contributed by atoms with Crippen LogP contribution in [0.4, 0.5) is 0 Å². The number of aryl methyl sites for hydroxylation is 1. The van der Waals surface area contributed by atoms with Gasteiger partial charge in [0.1, 0.15) is 11.8 Å². The summed E-state index contributed by atoms with van der Waals surface area (Å²) in [6.07, 6.45) is 2.33. The number of ether oxygens (including phenoxy) is 1. The number of carbonyl (C=O) groups excluding carboxylic acids is 2. The smallest absolute Gasteiger partial charge is 0.290 e. The second-order valence-electron chi connectivity index (χ2n) is 7.61. The molecule has 1 N–H and O–H groups in total. The Labute approximate surface area is 186 Å². The van der Waals surface area contributed by atoms with Crippen LogP contribution in [-0.2, 0) is 22.6 Å². The van der Waals surface area contributed by atoms with Gasteiger partial charge < -0.3 is 14.7 Å². The number of carbonyl (C=O) groups is 2. The van der Waals surface area contributed by atoms with Gasteiger partial charge in [-0.3, -0.25) is 14.6 Å². The molecule has 0 saturated heterocycles. The van der Waals surface area contributed by atoms with Crippen molar-refractivity contribution in [1.29, 1.82) is 0 Å². The van der Waals surface area contributed by atoms with Crippen molar-refractivity contribution in [3.8, 4) is 5.75 Å². The first kappa shape index (κ1) is 21.3. The number of methoxy groups -OCH3 is 1. The summed E-state index contributed by atoms with van der Waals surface area (Å²) in [4.78, 5) is 32.1. The van der Waals surface area contributed by atoms with Crippen LogP contribution in [0.5, 0.6) is 5.75 Å². The molecule has 0 aliphatic carbocycles. The van der Waals surface area contributed by atoms with Crippen LogP contribution in [0.15, 0.2) is 90.3 Å². The number of ketones is 1. The number of benzene rings is 2. The summed E-state index contributed by atoms with van der Waals surface area (Å²) in [7, 11) is 1.58. The molecule has 0 fully saturated rings. The Kier molecular flexibility index (Phi) is 6.31. The molecule has 0 spiro atoms. The highest BCUT2D eigenvalue weighted by atomic mass is 16.5. The predicted molar refractivity (Wildman–Crippen MR) is 120 cm³/mol. The Bertz CT molecular complexity index is 1140. The van der Waals surface area contributed by atoms with Crippen molar-refractivity contribution < 1.29 is 19.4 Å². The fourth-order valence-electron chi connectivity index (χ4n) is 3.95. The van der Waals surface area contributed by atoms with Crippen molar-refractivity contribution in [1.82, 2.24) is 9.88 Å². The fraction of sp³-hybridized carbons (Fsp3) is 0.192. The minimum absolute atomic E-state index is 0.104. The quantitative estimate of drug-likeness (QED) is 0.582. The molecule has 6 heteroatoms. The maximum atomic E-state index is 13.2. The zero-order valence-corrected chi connectivity index (χ0v) is 17.8. The Balaban J connectivity index is 1.64. The second-order valence-corrected chi connectivity index (χ2v) is 7.61. The van der Waals surface area contributed by atoms with Crippen LogP contribution in [0.25, 0.3) is 0 Å². The zero-order chi connectivity index (χ0) is 22.5. The van der Waals surface area contributed by atoms with Gasteiger partial charge in [0, 0.05) is 19.2 Å². The molecule has 0 radical (unpaired) electrons. The largest absolute Gasteiger partial charge is 0.503 e. The van der Waals surface area contributed by atoms with Crippen LogP contribution in [0, 0.1) is 0 Å². The van der Waals surface area contributed by atoms with E-state index in [2.05, 4.69) is 4.98 Å². The molecular weight excluding hydrogens is 404 g/mol. The van der Waals surface area contributed by atoms with Crippen molar-refractivity contribution in [2.45, 2.75) is 25.4 Å². The van der Waals surface area contributed by atoms with E-state index in [4.69, 9.17) is 4.74 Å². The summed E-state index contributed by atoms with van der Waals surface area (Å²) < 4.78 is 5.28. The van der Waals surface area contributed by atoms with Gasteiger partial charge in [-0.1, -0.05) is 48.5 Å². The lowest BCUT2D eigenvalue weighted by Crippen LogP contribution is -2.31. The summed E-state index contributed by atoms with van der Waals surface area (Å²) in [5.41, 5.74) is 2.49. The van der Waals surface area contributed by atoms with E-state index < -0.39 is 17.7 Å². The van der Waals surface area contributed by atoms with E-state index in [0.717, 1.165) is 11.1 Å². The number of amides is 1. The third kappa shape index (κ3) is 4.39. The highest BCUT2D eigenvalue weighted by Crippen LogP contribution is 2.38. The molecule has 2 aromatic carbocycles. The molecule has 6 nitrogen and oxygen atoms in total. The number of aliphatic hydroxyl groups is 1. The van der Waals surface area contributed by atoms with E-state index in [1.165, 1.54) is 4.90 Å². The number of hydrogen-bond acceptors (Lipinski definition) is 5. The van der Waals surface area contributed by atoms with E-state index in [9.17, 15) is 14.7 Å². The summed E-state index contributed by atoms with van der Waals surface area (Å²) in [6.45, 7) is 0.205. The fourth-order valence-corrected chi connectivity index (χ4v) is 3.95. The Morgan fingerprint density at radius 1 is 1.03 bits per heavy atom. The lowest BCUT2D eigenvalue weighted by molar-refractivity contribution is -0.130. The number of rotatable bonds is 8. The van der Waals surface area contributed by atoms with Crippen molar-refractivity contribution in [2.75, 3.05) is 7.11 Å². The van der Waals surface area contributed by atoms with Gasteiger partial charge in [0.2, 0.25) is 0 Å². The van der Waals surface area contributed by atoms with Gasteiger partial charge in [-0.15, -0.1) is 0 Å². The van der Waals surface area contributed by atoms with Crippen LogP contribution < -0.4 is 4.74 Å². The van der Waals surface area contributed by atoms with Crippen LogP contribution in [-0.4, -0.2) is 33.8 Å². The molecule has 1 aliphatic heterocycles. The Morgan fingerprint density at radius 2 is 1.78 bits per heavy atom.